The first-order chi connectivity index (χ1) is 8.10. The summed E-state index contributed by atoms with van der Waals surface area (Å²) in [5.41, 5.74) is 1.17. The van der Waals surface area contributed by atoms with E-state index in [-0.39, 0.29) is 11.7 Å². The van der Waals surface area contributed by atoms with Gasteiger partial charge in [0.05, 0.1) is 6.61 Å². The average Bonchev–Trinajstić information content (AvgIpc) is 2.68. The number of carbonyl (C=O) groups excluding carboxylic acids is 1. The lowest BCUT2D eigenvalue weighted by Gasteiger charge is -2.44. The van der Waals surface area contributed by atoms with Gasteiger partial charge in [0.2, 0.25) is 11.6 Å². The van der Waals surface area contributed by atoms with Gasteiger partial charge in [-0.3, -0.25) is 4.79 Å². The fourth-order valence-corrected chi connectivity index (χ4v) is 3.78. The highest BCUT2D eigenvalue weighted by molar-refractivity contribution is 5.98. The zero-order valence-electron chi connectivity index (χ0n) is 10.5. The summed E-state index contributed by atoms with van der Waals surface area (Å²) in [4.78, 5) is 12.2. The number of hydrogen-bond donors (Lipinski definition) is 0. The Labute approximate surface area is 101 Å². The zero-order chi connectivity index (χ0) is 12.2. The number of ether oxygens (including phenoxy) is 2. The summed E-state index contributed by atoms with van der Waals surface area (Å²) in [5, 5.41) is 0. The maximum absolute atomic E-state index is 12.2. The van der Waals surface area contributed by atoms with Crippen molar-refractivity contribution >= 4 is 5.78 Å². The molecule has 0 N–H and O–H groups in total. The molecule has 92 valence electrons. The third-order valence-electron chi connectivity index (χ3n) is 4.54. The second kappa shape index (κ2) is 3.53. The van der Waals surface area contributed by atoms with Crippen molar-refractivity contribution in [2.45, 2.75) is 19.6 Å². The van der Waals surface area contributed by atoms with E-state index in [9.17, 15) is 4.79 Å². The average molecular weight is 234 g/mol. The number of allylic oxidation sites excluding steroid dienone is 2. The van der Waals surface area contributed by atoms with Gasteiger partial charge in [-0.2, -0.15) is 0 Å². The molecule has 1 saturated heterocycles. The van der Waals surface area contributed by atoms with Crippen LogP contribution in [-0.4, -0.2) is 25.3 Å². The van der Waals surface area contributed by atoms with E-state index in [1.165, 1.54) is 5.57 Å². The van der Waals surface area contributed by atoms with Crippen LogP contribution >= 0.6 is 0 Å². The molecule has 0 aromatic carbocycles. The van der Waals surface area contributed by atoms with Crippen molar-refractivity contribution in [1.82, 2.24) is 0 Å². The summed E-state index contributed by atoms with van der Waals surface area (Å²) < 4.78 is 11.2. The van der Waals surface area contributed by atoms with Crippen molar-refractivity contribution in [2.75, 3.05) is 13.7 Å². The monoisotopic (exact) mass is 234 g/mol. The van der Waals surface area contributed by atoms with Crippen LogP contribution in [0.3, 0.4) is 0 Å². The first-order valence-electron chi connectivity index (χ1n) is 6.20. The van der Waals surface area contributed by atoms with Crippen molar-refractivity contribution in [1.29, 1.82) is 0 Å². The Bertz CT molecular complexity index is 423. The van der Waals surface area contributed by atoms with Crippen LogP contribution in [-0.2, 0) is 14.3 Å². The Morgan fingerprint density at radius 2 is 2.24 bits per heavy atom. The molecular weight excluding hydrogens is 216 g/mol. The van der Waals surface area contributed by atoms with Crippen LogP contribution in [0.2, 0.25) is 0 Å². The molecule has 0 spiro atoms. The second-order valence-electron chi connectivity index (χ2n) is 5.39. The first kappa shape index (κ1) is 11.2. The van der Waals surface area contributed by atoms with Crippen molar-refractivity contribution < 1.29 is 14.3 Å². The summed E-state index contributed by atoms with van der Waals surface area (Å²) in [6, 6.07) is 0. The van der Waals surface area contributed by atoms with Gasteiger partial charge in [0.15, 0.2) is 0 Å². The van der Waals surface area contributed by atoms with Crippen LogP contribution in [0, 0.1) is 23.7 Å². The fourth-order valence-electron chi connectivity index (χ4n) is 3.78. The molecule has 0 aromatic rings. The quantitative estimate of drug-likeness (QED) is 0.650. The summed E-state index contributed by atoms with van der Waals surface area (Å²) in [6.07, 6.45) is 6.15. The van der Waals surface area contributed by atoms with E-state index < -0.39 is 5.79 Å². The first-order valence-corrected chi connectivity index (χ1v) is 6.20. The number of rotatable bonds is 1. The van der Waals surface area contributed by atoms with E-state index in [1.807, 2.05) is 6.92 Å². The second-order valence-corrected chi connectivity index (χ2v) is 5.39. The SMILES string of the molecule is CO[C@]12OC[C@@H]3C=C[C@H](C)[C@H](C(C)=CC1=O)[C@@H]32. The smallest absolute Gasteiger partial charge is 0.237 e. The van der Waals surface area contributed by atoms with Crippen molar-refractivity contribution in [2.24, 2.45) is 23.7 Å². The van der Waals surface area contributed by atoms with E-state index in [0.29, 0.717) is 24.4 Å². The maximum atomic E-state index is 12.2. The highest BCUT2D eigenvalue weighted by atomic mass is 16.7. The van der Waals surface area contributed by atoms with Crippen LogP contribution in [0.1, 0.15) is 13.8 Å². The van der Waals surface area contributed by atoms with Crippen molar-refractivity contribution in [3.8, 4) is 0 Å². The van der Waals surface area contributed by atoms with Gasteiger partial charge in [-0.1, -0.05) is 24.6 Å². The van der Waals surface area contributed by atoms with E-state index in [2.05, 4.69) is 19.1 Å². The molecule has 0 radical (unpaired) electrons. The van der Waals surface area contributed by atoms with Gasteiger partial charge in [-0.25, -0.2) is 0 Å². The van der Waals surface area contributed by atoms with E-state index in [1.54, 1.807) is 13.2 Å². The van der Waals surface area contributed by atoms with E-state index >= 15 is 0 Å². The number of hydrogen-bond acceptors (Lipinski definition) is 3. The molecule has 17 heavy (non-hydrogen) atoms. The van der Waals surface area contributed by atoms with Crippen LogP contribution in [0.4, 0.5) is 0 Å². The lowest BCUT2D eigenvalue weighted by Crippen LogP contribution is -2.53. The molecule has 3 aliphatic rings. The van der Waals surface area contributed by atoms with Crippen LogP contribution < -0.4 is 0 Å². The topological polar surface area (TPSA) is 35.5 Å². The molecule has 0 amide bonds. The van der Waals surface area contributed by atoms with Gasteiger partial charge in [-0.15, -0.1) is 0 Å². The molecule has 3 nitrogen and oxygen atoms in total. The molecule has 0 unspecified atom stereocenters. The van der Waals surface area contributed by atoms with Gasteiger partial charge < -0.3 is 9.47 Å². The summed E-state index contributed by atoms with van der Waals surface area (Å²) >= 11 is 0. The predicted octanol–water partition coefficient (Wildman–Crippen LogP) is 1.94. The Morgan fingerprint density at radius 3 is 2.94 bits per heavy atom. The standard InChI is InChI=1S/C14H18O3/c1-8-4-5-10-7-17-14(16-3)11(15)6-9(2)12(8)13(10)14/h4-6,8,10,12-13H,7H2,1-3H3/t8-,10-,12+,13+,14-/m0/s1. The molecule has 2 aliphatic carbocycles. The maximum Gasteiger partial charge on any atom is 0.237 e. The highest BCUT2D eigenvalue weighted by Crippen LogP contribution is 2.53. The Hall–Kier alpha value is -0.930. The molecule has 0 bridgehead atoms. The largest absolute Gasteiger partial charge is 0.346 e. The molecule has 3 heteroatoms. The van der Waals surface area contributed by atoms with Gasteiger partial charge >= 0.3 is 0 Å². The van der Waals surface area contributed by atoms with Crippen LogP contribution in [0.15, 0.2) is 23.8 Å². The third-order valence-corrected chi connectivity index (χ3v) is 4.54. The lowest BCUT2D eigenvalue weighted by molar-refractivity contribution is -0.217. The van der Waals surface area contributed by atoms with Gasteiger partial charge in [0.25, 0.3) is 0 Å². The highest BCUT2D eigenvalue weighted by Gasteiger charge is 2.61. The van der Waals surface area contributed by atoms with Crippen molar-refractivity contribution in [3.63, 3.8) is 0 Å². The molecular formula is C14H18O3. The number of carbonyl (C=O) groups is 1. The van der Waals surface area contributed by atoms with Crippen LogP contribution in [0.5, 0.6) is 0 Å². The molecule has 0 saturated carbocycles. The third kappa shape index (κ3) is 1.27. The van der Waals surface area contributed by atoms with Crippen LogP contribution in [0.25, 0.3) is 0 Å². The number of ketones is 1. The molecule has 1 heterocycles. The fraction of sp³-hybridized carbons (Fsp3) is 0.643. The molecule has 5 atom stereocenters. The lowest BCUT2D eigenvalue weighted by atomic mass is 9.63. The van der Waals surface area contributed by atoms with Gasteiger partial charge in [0, 0.05) is 18.9 Å². The molecule has 3 rings (SSSR count). The minimum atomic E-state index is -1.02. The normalized spacial score (nSPS) is 47.9. The summed E-state index contributed by atoms with van der Waals surface area (Å²) in [6.45, 7) is 4.83. The zero-order valence-corrected chi connectivity index (χ0v) is 10.5. The minimum Gasteiger partial charge on any atom is -0.346 e. The summed E-state index contributed by atoms with van der Waals surface area (Å²) in [7, 11) is 1.58. The number of methoxy groups -OCH3 is 1. The Kier molecular flexibility index (Phi) is 2.32. The van der Waals surface area contributed by atoms with Gasteiger partial charge in [0.1, 0.15) is 0 Å². The van der Waals surface area contributed by atoms with E-state index in [0.717, 1.165) is 0 Å². The minimum absolute atomic E-state index is 0.0243. The summed E-state index contributed by atoms with van der Waals surface area (Å²) in [5.74, 6) is 0.216. The Morgan fingerprint density at radius 1 is 1.47 bits per heavy atom. The van der Waals surface area contributed by atoms with Gasteiger partial charge in [-0.05, 0) is 24.8 Å². The Balaban J connectivity index is 2.15. The van der Waals surface area contributed by atoms with E-state index in [4.69, 9.17) is 9.47 Å². The van der Waals surface area contributed by atoms with Crippen molar-refractivity contribution in [3.05, 3.63) is 23.8 Å². The molecule has 1 aliphatic heterocycles. The predicted molar refractivity (Wildman–Crippen MR) is 63.2 cm³/mol. The molecule has 0 aromatic heterocycles. The molecule has 1 fully saturated rings.